The normalized spacial score (nSPS) is 13.6. The Morgan fingerprint density at radius 2 is 1.17 bits per heavy atom. The van der Waals surface area contributed by atoms with Crippen LogP contribution in [0.4, 0.5) is 9.59 Å². The molecule has 0 aliphatic carbocycles. The van der Waals surface area contributed by atoms with E-state index in [1.54, 1.807) is 24.5 Å². The van der Waals surface area contributed by atoms with Crippen molar-refractivity contribution in [1.82, 2.24) is 27.8 Å². The van der Waals surface area contributed by atoms with Crippen LogP contribution in [0.5, 0.6) is 0 Å². The number of carbonyl (C=O) groups is 2. The number of aromatic nitrogens is 6. The average molecular weight is 525 g/mol. The van der Waals surface area contributed by atoms with Crippen LogP contribution in [0.15, 0.2) is 36.7 Å². The van der Waals surface area contributed by atoms with Gasteiger partial charge in [-0.15, -0.1) is 10.9 Å². The molecule has 0 amide bonds. The summed E-state index contributed by atoms with van der Waals surface area (Å²) in [4.78, 5) is 36.7. The molecule has 5 rings (SSSR count). The lowest BCUT2D eigenvalue weighted by Gasteiger charge is -2.20. The zero-order valence-electron chi connectivity index (χ0n) is 20.6. The van der Waals surface area contributed by atoms with Gasteiger partial charge in [-0.25, -0.2) is 19.6 Å². The molecule has 12 heteroatoms. The van der Waals surface area contributed by atoms with Gasteiger partial charge in [0.25, 0.3) is 0 Å². The van der Waals surface area contributed by atoms with E-state index in [0.717, 1.165) is 11.7 Å². The summed E-state index contributed by atoms with van der Waals surface area (Å²) in [5.74, 6) is 0. The van der Waals surface area contributed by atoms with Crippen molar-refractivity contribution in [2.75, 3.05) is 0 Å². The molecule has 0 saturated heterocycles. The summed E-state index contributed by atoms with van der Waals surface area (Å²) in [6.07, 6.45) is 2.28. The second kappa shape index (κ2) is 8.49. The predicted molar refractivity (Wildman–Crippen MR) is 139 cm³/mol. The van der Waals surface area contributed by atoms with E-state index < -0.39 is 23.4 Å². The van der Waals surface area contributed by atoms with Crippen molar-refractivity contribution in [3.63, 3.8) is 0 Å². The highest BCUT2D eigenvalue weighted by Gasteiger charge is 2.31. The van der Waals surface area contributed by atoms with Gasteiger partial charge in [0.05, 0.1) is 32.8 Å². The molecular weight excluding hydrogens is 500 g/mol. The van der Waals surface area contributed by atoms with Crippen LogP contribution in [0.25, 0.3) is 11.3 Å². The van der Waals surface area contributed by atoms with Crippen LogP contribution in [-0.2, 0) is 9.47 Å². The average Bonchev–Trinajstić information content (AvgIpc) is 3.53. The van der Waals surface area contributed by atoms with Gasteiger partial charge >= 0.3 is 12.2 Å². The number of ether oxygens (including phenoxy) is 2. The zero-order valence-corrected chi connectivity index (χ0v) is 22.2. The molecule has 0 radical (unpaired) electrons. The maximum atomic E-state index is 13.0. The highest BCUT2D eigenvalue weighted by atomic mass is 32.1. The molecular formula is C24H24N6O4S2. The maximum absolute atomic E-state index is 13.0. The van der Waals surface area contributed by atoms with Crippen molar-refractivity contribution in [3.05, 3.63) is 59.4 Å². The number of fused-ring (bicyclic) bond motifs is 2. The molecule has 36 heavy (non-hydrogen) atoms. The van der Waals surface area contributed by atoms with Crippen LogP contribution in [0, 0.1) is 0 Å². The van der Waals surface area contributed by atoms with Gasteiger partial charge in [-0.2, -0.15) is 8.75 Å². The number of carbonyl (C=O) groups excluding carboxylic acids is 2. The summed E-state index contributed by atoms with van der Waals surface area (Å²) in [6.45, 7) is 10.9. The first-order valence-electron chi connectivity index (χ1n) is 11.2. The fraction of sp³-hybridized carbons (Fsp3) is 0.333. The Morgan fingerprint density at radius 3 is 1.56 bits per heavy atom. The van der Waals surface area contributed by atoms with Crippen molar-refractivity contribution in [2.45, 2.75) is 52.7 Å². The van der Waals surface area contributed by atoms with E-state index >= 15 is 0 Å². The molecule has 0 atom stereocenters. The maximum Gasteiger partial charge on any atom is 0.419 e. The van der Waals surface area contributed by atoms with Gasteiger partial charge in [0.1, 0.15) is 22.6 Å². The van der Waals surface area contributed by atoms with Crippen LogP contribution >= 0.6 is 22.7 Å². The van der Waals surface area contributed by atoms with Crippen LogP contribution in [0.3, 0.4) is 0 Å². The van der Waals surface area contributed by atoms with Crippen molar-refractivity contribution in [1.29, 1.82) is 0 Å². The molecule has 0 bridgehead atoms. The summed E-state index contributed by atoms with van der Waals surface area (Å²) in [5, 5.41) is 0. The fourth-order valence-corrected chi connectivity index (χ4v) is 5.24. The van der Waals surface area contributed by atoms with Crippen molar-refractivity contribution < 1.29 is 19.1 Å². The molecule has 10 nitrogen and oxygen atoms in total. The molecule has 0 aromatic carbocycles. The number of hydrogen-bond donors (Lipinski definition) is 0. The summed E-state index contributed by atoms with van der Waals surface area (Å²) >= 11 is 1.02. The third kappa shape index (κ3) is 4.49. The van der Waals surface area contributed by atoms with Crippen LogP contribution in [-0.4, -0.2) is 61.0 Å². The highest BCUT2D eigenvalue weighted by Crippen LogP contribution is 2.28. The number of hydrogen-bond acceptors (Lipinski definition) is 9. The fourth-order valence-electron chi connectivity index (χ4n) is 3.57. The molecule has 0 unspecified atom stereocenters. The monoisotopic (exact) mass is 524 g/mol. The van der Waals surface area contributed by atoms with E-state index in [-0.39, 0.29) is 0 Å². The molecule has 186 valence electrons. The van der Waals surface area contributed by atoms with Gasteiger partial charge in [-0.05, 0) is 65.8 Å². The molecule has 4 aromatic rings. The number of nitrogens with zero attached hydrogens (tertiary/aromatic N) is 6. The minimum atomic E-state index is -0.659. The van der Waals surface area contributed by atoms with Gasteiger partial charge in [0, 0.05) is 12.4 Å². The molecule has 4 aromatic heterocycles. The Bertz CT molecular complexity index is 1480. The predicted octanol–water partition coefficient (Wildman–Crippen LogP) is 4.54. The van der Waals surface area contributed by atoms with E-state index in [4.69, 9.17) is 19.4 Å². The molecule has 1 aliphatic heterocycles. The van der Waals surface area contributed by atoms with Gasteiger partial charge < -0.3 is 9.47 Å². The van der Waals surface area contributed by atoms with Crippen LogP contribution in [0.1, 0.15) is 64.3 Å². The summed E-state index contributed by atoms with van der Waals surface area (Å²) < 4.78 is 22.6. The van der Waals surface area contributed by atoms with Crippen molar-refractivity contribution in [3.8, 4) is 0 Å². The lowest BCUT2D eigenvalue weighted by atomic mass is 10.1. The minimum Gasteiger partial charge on any atom is -0.443 e. The Hall–Kier alpha value is -3.64. The second-order valence-corrected chi connectivity index (χ2v) is 11.6. The summed E-state index contributed by atoms with van der Waals surface area (Å²) in [5.41, 5.74) is 1.80. The van der Waals surface area contributed by atoms with Crippen molar-refractivity contribution in [2.24, 2.45) is 0 Å². The first kappa shape index (κ1) is 24.1. The minimum absolute atomic E-state index is 0.413. The quantitative estimate of drug-likeness (QED) is 0.309. The Balaban J connectivity index is 1.69. The summed E-state index contributed by atoms with van der Waals surface area (Å²) in [6, 6.07) is 7.17. The third-order valence-electron chi connectivity index (χ3n) is 4.89. The smallest absolute Gasteiger partial charge is 0.419 e. The molecule has 0 saturated carbocycles. The van der Waals surface area contributed by atoms with E-state index in [2.05, 4.69) is 8.75 Å². The lowest BCUT2D eigenvalue weighted by molar-refractivity contribution is 0.0525. The topological polar surface area (TPSA) is 114 Å². The molecule has 5 heterocycles. The van der Waals surface area contributed by atoms with E-state index in [1.807, 2.05) is 53.7 Å². The van der Waals surface area contributed by atoms with E-state index in [1.165, 1.54) is 20.1 Å². The van der Waals surface area contributed by atoms with Crippen LogP contribution in [0.2, 0.25) is 0 Å². The largest absolute Gasteiger partial charge is 0.443 e. The Labute approximate surface area is 214 Å². The van der Waals surface area contributed by atoms with Gasteiger partial charge in [0.15, 0.2) is 0 Å². The van der Waals surface area contributed by atoms with Gasteiger partial charge in [0.2, 0.25) is 11.3 Å². The Morgan fingerprint density at radius 1 is 0.750 bits per heavy atom. The molecule has 1 aliphatic rings. The third-order valence-corrected chi connectivity index (χ3v) is 6.61. The van der Waals surface area contributed by atoms with E-state index in [0.29, 0.717) is 43.8 Å². The van der Waals surface area contributed by atoms with Crippen molar-refractivity contribution >= 4 is 55.9 Å². The molecule has 0 spiro atoms. The van der Waals surface area contributed by atoms with Gasteiger partial charge in [-0.3, -0.25) is 9.13 Å². The Kier molecular flexibility index (Phi) is 5.67. The van der Waals surface area contributed by atoms with Gasteiger partial charge in [-0.1, -0.05) is 0 Å². The highest BCUT2D eigenvalue weighted by molar-refractivity contribution is 8.00. The first-order valence-corrected chi connectivity index (χ1v) is 12.7. The first-order chi connectivity index (χ1) is 16.9. The molecule has 0 fully saturated rings. The van der Waals surface area contributed by atoms with E-state index in [9.17, 15) is 9.59 Å². The second-order valence-electron chi connectivity index (χ2n) is 10.1. The summed E-state index contributed by atoms with van der Waals surface area (Å²) in [7, 11) is 1.37. The van der Waals surface area contributed by atoms with Crippen LogP contribution < -0.4 is 0 Å². The standard InChI is InChI=1S/C24H24N6O4S2/c1-23(2,3)33-21(31)29-11-7-9-13(29)17-15-16(26-20-19(25-15)27-36-28-20)18(35-17)14-10-8-12-30(14)22(32)34-24(4,5)6/h7-12H,1-6H3. The zero-order chi connectivity index (χ0) is 25.8. The molecule has 0 N–H and O–H groups in total. The number of rotatable bonds is 2. The SMILES string of the molecule is CC(C)(C)OC(=O)n1cccc1C1=S=C(c2cccn2C(=O)OC(C)(C)C)c2nc3nsnc3nc21. The lowest BCUT2D eigenvalue weighted by Crippen LogP contribution is -2.28.